The molecule has 0 aromatic heterocycles. The molecule has 1 fully saturated rings. The van der Waals surface area contributed by atoms with Crippen molar-refractivity contribution in [1.29, 1.82) is 0 Å². The smallest absolute Gasteiger partial charge is 0.319 e. The number of benzene rings is 3. The van der Waals surface area contributed by atoms with Crippen LogP contribution in [0, 0.1) is 5.92 Å². The van der Waals surface area contributed by atoms with Gasteiger partial charge in [-0.25, -0.2) is 4.79 Å². The Kier molecular flexibility index (Phi) is 5.96. The summed E-state index contributed by atoms with van der Waals surface area (Å²) in [6, 6.07) is 22.0. The van der Waals surface area contributed by atoms with E-state index in [4.69, 9.17) is 0 Å². The molecule has 1 aliphatic rings. The first-order chi connectivity index (χ1) is 14.2. The number of urea groups is 1. The van der Waals surface area contributed by atoms with Crippen molar-refractivity contribution in [2.45, 2.75) is 19.4 Å². The van der Waals surface area contributed by atoms with Crippen LogP contribution in [-0.2, 0) is 6.54 Å². The minimum atomic E-state index is -0.212. The highest BCUT2D eigenvalue weighted by Gasteiger charge is 2.18. The number of piperidine rings is 1. The molecule has 29 heavy (non-hydrogen) atoms. The van der Waals surface area contributed by atoms with E-state index in [1.165, 1.54) is 5.69 Å². The van der Waals surface area contributed by atoms with Crippen LogP contribution < -0.4 is 15.5 Å². The predicted molar refractivity (Wildman–Crippen MR) is 118 cm³/mol. The van der Waals surface area contributed by atoms with Crippen molar-refractivity contribution in [3.63, 3.8) is 0 Å². The fourth-order valence-electron chi connectivity index (χ4n) is 3.88. The highest BCUT2D eigenvalue weighted by molar-refractivity contribution is 6.01. The maximum absolute atomic E-state index is 12.4. The van der Waals surface area contributed by atoms with Gasteiger partial charge in [-0.1, -0.05) is 48.5 Å². The first-order valence-electron chi connectivity index (χ1n) is 10.2. The Morgan fingerprint density at radius 1 is 0.966 bits per heavy atom. The Morgan fingerprint density at radius 3 is 2.45 bits per heavy atom. The van der Waals surface area contributed by atoms with Gasteiger partial charge in [-0.05, 0) is 47.9 Å². The van der Waals surface area contributed by atoms with E-state index in [9.17, 15) is 9.90 Å². The van der Waals surface area contributed by atoms with Gasteiger partial charge < -0.3 is 20.6 Å². The van der Waals surface area contributed by atoms with Crippen LogP contribution in [0.2, 0.25) is 0 Å². The third-order valence-corrected chi connectivity index (χ3v) is 5.67. The Hall–Kier alpha value is -3.05. The number of rotatable bonds is 5. The molecule has 5 nitrogen and oxygen atoms in total. The average molecular weight is 389 g/mol. The largest absolute Gasteiger partial charge is 0.396 e. The minimum absolute atomic E-state index is 0.212. The van der Waals surface area contributed by atoms with Gasteiger partial charge in [-0.3, -0.25) is 0 Å². The Balaban J connectivity index is 1.31. The first-order valence-corrected chi connectivity index (χ1v) is 10.2. The fourth-order valence-corrected chi connectivity index (χ4v) is 3.88. The summed E-state index contributed by atoms with van der Waals surface area (Å²) < 4.78 is 0. The first kappa shape index (κ1) is 19.3. The maximum atomic E-state index is 12.4. The van der Waals surface area contributed by atoms with Crippen molar-refractivity contribution < 1.29 is 9.90 Å². The number of carbonyl (C=O) groups is 1. The molecule has 1 saturated heterocycles. The summed E-state index contributed by atoms with van der Waals surface area (Å²) >= 11 is 0. The van der Waals surface area contributed by atoms with Crippen LogP contribution >= 0.6 is 0 Å². The lowest BCUT2D eigenvalue weighted by Gasteiger charge is -2.33. The summed E-state index contributed by atoms with van der Waals surface area (Å²) in [6.07, 6.45) is 2.07. The van der Waals surface area contributed by atoms with E-state index in [-0.39, 0.29) is 6.03 Å². The van der Waals surface area contributed by atoms with Gasteiger partial charge in [0.15, 0.2) is 0 Å². The average Bonchev–Trinajstić information content (AvgIpc) is 2.78. The fraction of sp³-hybridized carbons (Fsp3) is 0.292. The normalized spacial score (nSPS) is 14.7. The van der Waals surface area contributed by atoms with E-state index in [0.717, 1.165) is 48.0 Å². The van der Waals surface area contributed by atoms with Gasteiger partial charge in [0.25, 0.3) is 0 Å². The quantitative estimate of drug-likeness (QED) is 0.607. The number of amides is 2. The Bertz CT molecular complexity index is 958. The second-order valence-electron chi connectivity index (χ2n) is 7.61. The van der Waals surface area contributed by atoms with Gasteiger partial charge >= 0.3 is 6.03 Å². The lowest BCUT2D eigenvalue weighted by Crippen LogP contribution is -2.34. The van der Waals surface area contributed by atoms with Crippen LogP contribution in [0.3, 0.4) is 0 Å². The Morgan fingerprint density at radius 2 is 1.69 bits per heavy atom. The molecule has 0 saturated carbocycles. The third kappa shape index (κ3) is 4.69. The van der Waals surface area contributed by atoms with E-state index in [1.54, 1.807) is 0 Å². The van der Waals surface area contributed by atoms with Gasteiger partial charge in [0.1, 0.15) is 0 Å². The molecule has 5 heteroatoms. The lowest BCUT2D eigenvalue weighted by atomic mass is 9.97. The summed E-state index contributed by atoms with van der Waals surface area (Å²) in [5, 5.41) is 17.3. The number of nitrogens with one attached hydrogen (secondary N) is 2. The summed E-state index contributed by atoms with van der Waals surface area (Å²) in [5.74, 6) is 0.440. The van der Waals surface area contributed by atoms with Crippen LogP contribution in [0.4, 0.5) is 16.2 Å². The van der Waals surface area contributed by atoms with Crippen molar-refractivity contribution in [1.82, 2.24) is 5.32 Å². The monoisotopic (exact) mass is 389 g/mol. The molecule has 0 unspecified atom stereocenters. The van der Waals surface area contributed by atoms with Crippen molar-refractivity contribution in [2.75, 3.05) is 29.9 Å². The zero-order chi connectivity index (χ0) is 20.1. The summed E-state index contributed by atoms with van der Waals surface area (Å²) in [6.45, 7) is 2.73. The van der Waals surface area contributed by atoms with Gasteiger partial charge in [0.2, 0.25) is 0 Å². The van der Waals surface area contributed by atoms with Crippen LogP contribution in [0.25, 0.3) is 10.8 Å². The van der Waals surface area contributed by atoms with Gasteiger partial charge in [-0.15, -0.1) is 0 Å². The molecule has 4 rings (SSSR count). The summed E-state index contributed by atoms with van der Waals surface area (Å²) in [7, 11) is 0. The molecular weight excluding hydrogens is 362 g/mol. The molecule has 1 heterocycles. The highest BCUT2D eigenvalue weighted by Crippen LogP contribution is 2.24. The molecule has 0 bridgehead atoms. The zero-order valence-corrected chi connectivity index (χ0v) is 16.5. The number of fused-ring (bicyclic) bond motifs is 1. The topological polar surface area (TPSA) is 64.6 Å². The molecule has 150 valence electrons. The molecule has 0 aliphatic carbocycles. The molecule has 0 atom stereocenters. The van der Waals surface area contributed by atoms with E-state index < -0.39 is 0 Å². The third-order valence-electron chi connectivity index (χ3n) is 5.67. The van der Waals surface area contributed by atoms with Gasteiger partial charge in [0.05, 0.1) is 5.69 Å². The number of nitrogens with zero attached hydrogens (tertiary/aromatic N) is 1. The van der Waals surface area contributed by atoms with E-state index >= 15 is 0 Å². The van der Waals surface area contributed by atoms with Crippen molar-refractivity contribution in [3.8, 4) is 0 Å². The maximum Gasteiger partial charge on any atom is 0.319 e. The van der Waals surface area contributed by atoms with Crippen LogP contribution in [-0.4, -0.2) is 30.8 Å². The number of hydrogen-bond donors (Lipinski definition) is 3. The standard InChI is InChI=1S/C24H27N3O2/c28-17-19-12-14-27(15-13-19)21-10-8-18(9-11-21)16-25-24(29)26-23-7-3-5-20-4-1-2-6-22(20)23/h1-11,19,28H,12-17H2,(H2,25,26,29). The summed E-state index contributed by atoms with van der Waals surface area (Å²) in [5.41, 5.74) is 3.07. The molecule has 3 N–H and O–H groups in total. The predicted octanol–water partition coefficient (Wildman–Crippen LogP) is 4.37. The summed E-state index contributed by atoms with van der Waals surface area (Å²) in [4.78, 5) is 14.7. The van der Waals surface area contributed by atoms with Crippen LogP contribution in [0.15, 0.2) is 66.7 Å². The second-order valence-corrected chi connectivity index (χ2v) is 7.61. The van der Waals surface area contributed by atoms with E-state index in [1.807, 2.05) is 42.5 Å². The molecule has 2 amide bonds. The molecule has 0 radical (unpaired) electrons. The Labute approximate surface area is 171 Å². The van der Waals surface area contributed by atoms with E-state index in [0.29, 0.717) is 19.1 Å². The van der Waals surface area contributed by atoms with Crippen molar-refractivity contribution in [2.24, 2.45) is 5.92 Å². The number of carbonyl (C=O) groups excluding carboxylic acids is 1. The second kappa shape index (κ2) is 8.97. The minimum Gasteiger partial charge on any atom is -0.396 e. The molecular formula is C24H27N3O2. The van der Waals surface area contributed by atoms with Crippen LogP contribution in [0.1, 0.15) is 18.4 Å². The van der Waals surface area contributed by atoms with E-state index in [2.05, 4.69) is 39.8 Å². The van der Waals surface area contributed by atoms with Crippen molar-refractivity contribution >= 4 is 28.2 Å². The molecule has 3 aromatic rings. The van der Waals surface area contributed by atoms with Gasteiger partial charge in [0, 0.05) is 37.3 Å². The van der Waals surface area contributed by atoms with Gasteiger partial charge in [-0.2, -0.15) is 0 Å². The SMILES string of the molecule is O=C(NCc1ccc(N2CCC(CO)CC2)cc1)Nc1cccc2ccccc12. The molecule has 0 spiro atoms. The number of anilines is 2. The van der Waals surface area contributed by atoms with Crippen LogP contribution in [0.5, 0.6) is 0 Å². The molecule has 3 aromatic carbocycles. The highest BCUT2D eigenvalue weighted by atomic mass is 16.3. The lowest BCUT2D eigenvalue weighted by molar-refractivity contribution is 0.203. The molecule has 1 aliphatic heterocycles. The number of aliphatic hydroxyl groups is 1. The van der Waals surface area contributed by atoms with Crippen molar-refractivity contribution in [3.05, 3.63) is 72.3 Å². The number of hydrogen-bond acceptors (Lipinski definition) is 3. The number of aliphatic hydroxyl groups excluding tert-OH is 1. The zero-order valence-electron chi connectivity index (χ0n) is 16.5.